The van der Waals surface area contributed by atoms with Crippen LogP contribution in [0.2, 0.25) is 0 Å². The van der Waals surface area contributed by atoms with Crippen molar-refractivity contribution in [3.05, 3.63) is 24.3 Å². The minimum absolute atomic E-state index is 0.101. The Morgan fingerprint density at radius 3 is 2.73 bits per heavy atom. The fourth-order valence-electron chi connectivity index (χ4n) is 2.30. The molecular formula is C16H18N2O4. The molecule has 1 heterocycles. The van der Waals surface area contributed by atoms with Crippen LogP contribution in [0.5, 0.6) is 5.75 Å². The number of amides is 1. The van der Waals surface area contributed by atoms with Gasteiger partial charge in [-0.25, -0.2) is 0 Å². The van der Waals surface area contributed by atoms with Crippen LogP contribution in [0.3, 0.4) is 0 Å². The van der Waals surface area contributed by atoms with Crippen LogP contribution in [-0.2, 0) is 14.3 Å². The zero-order valence-corrected chi connectivity index (χ0v) is 12.6. The lowest BCUT2D eigenvalue weighted by atomic mass is 10.1. The van der Waals surface area contributed by atoms with Crippen LogP contribution in [0.25, 0.3) is 0 Å². The minimum Gasteiger partial charge on any atom is -0.494 e. The number of ether oxygens (including phenoxy) is 2. The maximum Gasteiger partial charge on any atom is 0.312 e. The van der Waals surface area contributed by atoms with Crippen molar-refractivity contribution in [3.63, 3.8) is 0 Å². The van der Waals surface area contributed by atoms with Crippen LogP contribution < -0.4 is 9.64 Å². The van der Waals surface area contributed by atoms with Gasteiger partial charge in [-0.1, -0.05) is 0 Å². The molecule has 2 rings (SSSR count). The lowest BCUT2D eigenvalue weighted by molar-refractivity contribution is -0.150. The number of carbonyl (C=O) groups is 2. The summed E-state index contributed by atoms with van der Waals surface area (Å²) in [5, 5.41) is 8.66. The Hall–Kier alpha value is -2.55. The summed E-state index contributed by atoms with van der Waals surface area (Å²) in [4.78, 5) is 25.5. The van der Waals surface area contributed by atoms with Crippen molar-refractivity contribution < 1.29 is 19.1 Å². The molecule has 0 N–H and O–H groups in total. The van der Waals surface area contributed by atoms with Gasteiger partial charge in [-0.15, -0.1) is 0 Å². The Morgan fingerprint density at radius 2 is 2.14 bits per heavy atom. The molecule has 1 aliphatic heterocycles. The summed E-state index contributed by atoms with van der Waals surface area (Å²) < 4.78 is 10.3. The molecule has 6 heteroatoms. The maximum absolute atomic E-state index is 12.1. The molecule has 1 aliphatic rings. The number of esters is 1. The van der Waals surface area contributed by atoms with E-state index in [1.54, 1.807) is 29.2 Å². The van der Waals surface area contributed by atoms with Crippen molar-refractivity contribution in [2.45, 2.75) is 26.4 Å². The first-order chi connectivity index (χ1) is 10.5. The highest BCUT2D eigenvalue weighted by molar-refractivity contribution is 5.99. The quantitative estimate of drug-likeness (QED) is 0.776. The summed E-state index contributed by atoms with van der Waals surface area (Å²) in [5.41, 5.74) is 0.720. The summed E-state index contributed by atoms with van der Waals surface area (Å²) in [5.74, 6) is -0.432. The second-order valence-corrected chi connectivity index (χ2v) is 5.04. The highest BCUT2D eigenvalue weighted by Gasteiger charge is 2.36. The summed E-state index contributed by atoms with van der Waals surface area (Å²) in [6.07, 6.45) is -0.702. The van der Waals surface area contributed by atoms with E-state index in [9.17, 15) is 9.59 Å². The van der Waals surface area contributed by atoms with E-state index in [1.165, 1.54) is 6.92 Å². The van der Waals surface area contributed by atoms with Crippen LogP contribution in [0.15, 0.2) is 24.3 Å². The molecule has 22 heavy (non-hydrogen) atoms. The van der Waals surface area contributed by atoms with Crippen LogP contribution in [-0.4, -0.2) is 31.1 Å². The standard InChI is InChI=1S/C16H18N2O4/c1-3-21-14-6-4-13(5-7-14)18-10-12(8-15(18)19)16(20)22-11(2)9-17/h4-7,11-12H,3,8,10H2,1-2H3/t11-,12-/m1/s1. The largest absolute Gasteiger partial charge is 0.494 e. The molecule has 0 aromatic heterocycles. The average Bonchev–Trinajstić information content (AvgIpc) is 2.90. The van der Waals surface area contributed by atoms with Gasteiger partial charge in [-0.3, -0.25) is 9.59 Å². The van der Waals surface area contributed by atoms with E-state index < -0.39 is 18.0 Å². The number of hydrogen-bond acceptors (Lipinski definition) is 5. The maximum atomic E-state index is 12.1. The number of carbonyl (C=O) groups excluding carboxylic acids is 2. The molecule has 1 saturated heterocycles. The monoisotopic (exact) mass is 302 g/mol. The molecule has 116 valence electrons. The summed E-state index contributed by atoms with van der Waals surface area (Å²) >= 11 is 0. The zero-order chi connectivity index (χ0) is 16.1. The number of rotatable bonds is 5. The second-order valence-electron chi connectivity index (χ2n) is 5.04. The smallest absolute Gasteiger partial charge is 0.312 e. The van der Waals surface area contributed by atoms with E-state index in [2.05, 4.69) is 0 Å². The lowest BCUT2D eigenvalue weighted by Gasteiger charge is -2.17. The average molecular weight is 302 g/mol. The van der Waals surface area contributed by atoms with Crippen molar-refractivity contribution in [2.24, 2.45) is 5.92 Å². The van der Waals surface area contributed by atoms with Gasteiger partial charge >= 0.3 is 5.97 Å². The van der Waals surface area contributed by atoms with Crippen LogP contribution in [0, 0.1) is 17.2 Å². The van der Waals surface area contributed by atoms with Crippen molar-refractivity contribution in [3.8, 4) is 11.8 Å². The van der Waals surface area contributed by atoms with Gasteiger partial charge in [0, 0.05) is 18.7 Å². The Kier molecular flexibility index (Phi) is 4.99. The first-order valence-corrected chi connectivity index (χ1v) is 7.18. The normalized spacial score (nSPS) is 18.7. The van der Waals surface area contributed by atoms with Gasteiger partial charge in [0.25, 0.3) is 0 Å². The number of hydrogen-bond donors (Lipinski definition) is 0. The Bertz CT molecular complexity index is 591. The fourth-order valence-corrected chi connectivity index (χ4v) is 2.30. The molecule has 0 radical (unpaired) electrons. The Balaban J connectivity index is 2.03. The van der Waals surface area contributed by atoms with Gasteiger partial charge in [-0.05, 0) is 38.1 Å². The highest BCUT2D eigenvalue weighted by atomic mass is 16.5. The molecular weight excluding hydrogens is 284 g/mol. The molecule has 1 amide bonds. The molecule has 1 aromatic rings. The van der Waals surface area contributed by atoms with Crippen molar-refractivity contribution >= 4 is 17.6 Å². The van der Waals surface area contributed by atoms with Crippen molar-refractivity contribution in [2.75, 3.05) is 18.1 Å². The van der Waals surface area contributed by atoms with Crippen LogP contribution in [0.4, 0.5) is 5.69 Å². The molecule has 1 aromatic carbocycles. The predicted molar refractivity (Wildman–Crippen MR) is 79.2 cm³/mol. The van der Waals surface area contributed by atoms with Gasteiger partial charge in [0.15, 0.2) is 6.10 Å². The van der Waals surface area contributed by atoms with E-state index in [0.717, 1.165) is 11.4 Å². The second kappa shape index (κ2) is 6.94. The summed E-state index contributed by atoms with van der Waals surface area (Å²) in [7, 11) is 0. The van der Waals surface area contributed by atoms with Crippen molar-refractivity contribution in [1.29, 1.82) is 5.26 Å². The molecule has 6 nitrogen and oxygen atoms in total. The van der Waals surface area contributed by atoms with Crippen LogP contribution in [0.1, 0.15) is 20.3 Å². The van der Waals surface area contributed by atoms with Gasteiger partial charge in [0.05, 0.1) is 12.5 Å². The van der Waals surface area contributed by atoms with E-state index in [1.807, 2.05) is 13.0 Å². The molecule has 0 aliphatic carbocycles. The third kappa shape index (κ3) is 3.55. The SMILES string of the molecule is CCOc1ccc(N2C[C@H](C(=O)O[C@H](C)C#N)CC2=O)cc1. The fraction of sp³-hybridized carbons (Fsp3) is 0.438. The third-order valence-corrected chi connectivity index (χ3v) is 3.39. The predicted octanol–water partition coefficient (Wildman–Crippen LogP) is 1.89. The first kappa shape index (κ1) is 15.8. The number of benzene rings is 1. The molecule has 2 atom stereocenters. The van der Waals surface area contributed by atoms with Crippen molar-refractivity contribution in [1.82, 2.24) is 0 Å². The Morgan fingerprint density at radius 1 is 1.45 bits per heavy atom. The number of nitriles is 1. The third-order valence-electron chi connectivity index (χ3n) is 3.39. The number of anilines is 1. The first-order valence-electron chi connectivity index (χ1n) is 7.18. The highest BCUT2D eigenvalue weighted by Crippen LogP contribution is 2.27. The van der Waals surface area contributed by atoms with Gasteiger partial charge in [0.2, 0.25) is 5.91 Å². The van der Waals surface area contributed by atoms with Gasteiger partial charge < -0.3 is 14.4 Å². The molecule has 0 unspecified atom stereocenters. The van der Waals surface area contributed by atoms with E-state index >= 15 is 0 Å². The lowest BCUT2D eigenvalue weighted by Crippen LogP contribution is -2.27. The molecule has 0 spiro atoms. The molecule has 0 bridgehead atoms. The van der Waals surface area contributed by atoms with E-state index in [-0.39, 0.29) is 18.9 Å². The topological polar surface area (TPSA) is 79.6 Å². The Labute approximate surface area is 129 Å². The molecule has 1 fully saturated rings. The van der Waals surface area contributed by atoms with Gasteiger partial charge in [0.1, 0.15) is 11.8 Å². The minimum atomic E-state index is -0.804. The summed E-state index contributed by atoms with van der Waals surface area (Å²) in [6, 6.07) is 8.98. The number of nitrogens with zero attached hydrogens (tertiary/aromatic N) is 2. The van der Waals surface area contributed by atoms with E-state index in [0.29, 0.717) is 6.61 Å². The van der Waals surface area contributed by atoms with Crippen LogP contribution >= 0.6 is 0 Å². The van der Waals surface area contributed by atoms with E-state index in [4.69, 9.17) is 14.7 Å². The molecule has 0 saturated carbocycles. The van der Waals surface area contributed by atoms with Gasteiger partial charge in [-0.2, -0.15) is 5.26 Å². The summed E-state index contributed by atoms with van der Waals surface area (Å²) in [6.45, 7) is 4.24. The zero-order valence-electron chi connectivity index (χ0n) is 12.6.